The number of aromatic nitrogens is 3. The maximum absolute atomic E-state index is 4.57. The van der Waals surface area contributed by atoms with Crippen LogP contribution in [0.25, 0.3) is 5.65 Å². The molecular weight excluding hydrogens is 210 g/mol. The van der Waals surface area contributed by atoms with Gasteiger partial charge in [-0.3, -0.25) is 4.40 Å². The molecule has 0 saturated heterocycles. The number of fused-ring (bicyclic) bond motifs is 1. The summed E-state index contributed by atoms with van der Waals surface area (Å²) >= 11 is 0. The molecule has 0 saturated carbocycles. The van der Waals surface area contributed by atoms with Gasteiger partial charge in [-0.05, 0) is 11.0 Å². The van der Waals surface area contributed by atoms with E-state index in [2.05, 4.69) is 57.7 Å². The van der Waals surface area contributed by atoms with Crippen molar-refractivity contribution in [3.05, 3.63) is 30.0 Å². The predicted octanol–water partition coefficient (Wildman–Crippen LogP) is 3.32. The van der Waals surface area contributed by atoms with Gasteiger partial charge in [0.05, 0.1) is 5.69 Å². The summed E-state index contributed by atoms with van der Waals surface area (Å²) in [4.78, 5) is 9.06. The van der Waals surface area contributed by atoms with Crippen LogP contribution < -0.4 is 0 Å². The van der Waals surface area contributed by atoms with Crippen molar-refractivity contribution in [2.45, 2.75) is 52.4 Å². The Hall–Kier alpha value is -1.38. The van der Waals surface area contributed by atoms with Crippen LogP contribution in [0.3, 0.4) is 0 Å². The van der Waals surface area contributed by atoms with Crippen LogP contribution in [0.15, 0.2) is 18.7 Å². The Balaban J connectivity index is 2.61. The maximum Gasteiger partial charge on any atom is 0.160 e. The van der Waals surface area contributed by atoms with E-state index in [1.165, 1.54) is 5.56 Å². The van der Waals surface area contributed by atoms with Gasteiger partial charge in [-0.25, -0.2) is 9.97 Å². The highest BCUT2D eigenvalue weighted by Gasteiger charge is 2.22. The molecule has 2 rings (SSSR count). The van der Waals surface area contributed by atoms with E-state index >= 15 is 0 Å². The average Bonchev–Trinajstić information content (AvgIpc) is 2.57. The molecule has 0 aromatic carbocycles. The van der Waals surface area contributed by atoms with Crippen molar-refractivity contribution in [1.29, 1.82) is 0 Å². The fourth-order valence-electron chi connectivity index (χ4n) is 1.81. The third-order valence-electron chi connectivity index (χ3n) is 2.95. The quantitative estimate of drug-likeness (QED) is 0.696. The van der Waals surface area contributed by atoms with E-state index in [4.69, 9.17) is 0 Å². The lowest BCUT2D eigenvalue weighted by molar-refractivity contribution is 0.574. The zero-order valence-corrected chi connectivity index (χ0v) is 11.6. The van der Waals surface area contributed by atoms with Gasteiger partial charge in [-0.15, -0.1) is 0 Å². The third kappa shape index (κ3) is 2.19. The van der Waals surface area contributed by atoms with Crippen LogP contribution >= 0.6 is 0 Å². The molecule has 3 heteroatoms. The monoisotopic (exact) mass is 231 g/mol. The molecule has 0 aliphatic rings. The van der Waals surface area contributed by atoms with Gasteiger partial charge in [0.1, 0.15) is 6.33 Å². The molecule has 0 atom stereocenters. The van der Waals surface area contributed by atoms with E-state index in [-0.39, 0.29) is 10.8 Å². The fourth-order valence-corrected chi connectivity index (χ4v) is 1.81. The fraction of sp³-hybridized carbons (Fsp3) is 0.571. The number of hydrogen-bond donors (Lipinski definition) is 0. The number of nitrogens with zero attached hydrogens (tertiary/aromatic N) is 3. The molecule has 0 N–H and O–H groups in total. The molecule has 0 fully saturated rings. The Labute approximate surface area is 103 Å². The van der Waals surface area contributed by atoms with Crippen molar-refractivity contribution in [3.8, 4) is 0 Å². The van der Waals surface area contributed by atoms with Crippen LogP contribution in [0, 0.1) is 0 Å². The van der Waals surface area contributed by atoms with E-state index < -0.39 is 0 Å². The molecule has 0 aliphatic carbocycles. The van der Waals surface area contributed by atoms with Crippen molar-refractivity contribution < 1.29 is 0 Å². The van der Waals surface area contributed by atoms with Gasteiger partial charge in [0, 0.05) is 17.8 Å². The summed E-state index contributed by atoms with van der Waals surface area (Å²) in [5.41, 5.74) is 3.39. The molecule has 0 spiro atoms. The van der Waals surface area contributed by atoms with E-state index in [1.54, 1.807) is 0 Å². The van der Waals surface area contributed by atoms with Crippen molar-refractivity contribution in [2.24, 2.45) is 0 Å². The smallest absolute Gasteiger partial charge is 0.160 e. The molecule has 0 unspecified atom stereocenters. The van der Waals surface area contributed by atoms with E-state index in [1.807, 2.05) is 16.9 Å². The van der Waals surface area contributed by atoms with Crippen LogP contribution in [0.4, 0.5) is 0 Å². The molecule has 0 aliphatic heterocycles. The lowest BCUT2D eigenvalue weighted by Crippen LogP contribution is -2.15. The SMILES string of the molecule is CC(C)(C)c1cnc2c(C(C)(C)C)ncn2c1. The molecule has 92 valence electrons. The second-order valence-electron chi connectivity index (χ2n) is 6.67. The normalized spacial score (nSPS) is 13.3. The van der Waals surface area contributed by atoms with Gasteiger partial charge >= 0.3 is 0 Å². The first-order chi connectivity index (χ1) is 7.69. The Morgan fingerprint density at radius 1 is 0.941 bits per heavy atom. The minimum absolute atomic E-state index is 0.0327. The molecule has 0 bridgehead atoms. The number of imidazole rings is 1. The second-order valence-corrected chi connectivity index (χ2v) is 6.67. The van der Waals surface area contributed by atoms with Gasteiger partial charge in [0.25, 0.3) is 0 Å². The van der Waals surface area contributed by atoms with Gasteiger partial charge in [0.15, 0.2) is 5.65 Å². The topological polar surface area (TPSA) is 30.2 Å². The molecule has 0 radical (unpaired) electrons. The van der Waals surface area contributed by atoms with Gasteiger partial charge in [0.2, 0.25) is 0 Å². The number of rotatable bonds is 0. The van der Waals surface area contributed by atoms with Gasteiger partial charge in [-0.1, -0.05) is 41.5 Å². The summed E-state index contributed by atoms with van der Waals surface area (Å²) in [6, 6.07) is 0. The second kappa shape index (κ2) is 3.56. The Morgan fingerprint density at radius 3 is 2.12 bits per heavy atom. The summed E-state index contributed by atoms with van der Waals surface area (Å²) in [6.45, 7) is 13.1. The number of hydrogen-bond acceptors (Lipinski definition) is 2. The first kappa shape index (κ1) is 12.1. The van der Waals surface area contributed by atoms with Crippen molar-refractivity contribution in [1.82, 2.24) is 14.4 Å². The summed E-state index contributed by atoms with van der Waals surface area (Å²) < 4.78 is 2.03. The average molecular weight is 231 g/mol. The summed E-state index contributed by atoms with van der Waals surface area (Å²) in [7, 11) is 0. The molecule has 2 heterocycles. The van der Waals surface area contributed by atoms with Crippen molar-refractivity contribution >= 4 is 5.65 Å². The molecule has 3 nitrogen and oxygen atoms in total. The largest absolute Gasteiger partial charge is 0.290 e. The van der Waals surface area contributed by atoms with E-state index in [9.17, 15) is 0 Å². The highest BCUT2D eigenvalue weighted by atomic mass is 15.1. The van der Waals surface area contributed by atoms with Crippen LogP contribution in [-0.2, 0) is 10.8 Å². The zero-order chi connectivity index (χ0) is 12.8. The molecule has 2 aromatic rings. The van der Waals surface area contributed by atoms with E-state index in [0.717, 1.165) is 11.3 Å². The highest BCUT2D eigenvalue weighted by molar-refractivity contribution is 5.48. The molecular formula is C14H21N3. The lowest BCUT2D eigenvalue weighted by atomic mass is 9.89. The molecule has 17 heavy (non-hydrogen) atoms. The van der Waals surface area contributed by atoms with Crippen LogP contribution in [0.1, 0.15) is 52.8 Å². The first-order valence-corrected chi connectivity index (χ1v) is 6.03. The van der Waals surface area contributed by atoms with Crippen LogP contribution in [0.5, 0.6) is 0 Å². The predicted molar refractivity (Wildman–Crippen MR) is 70.4 cm³/mol. The van der Waals surface area contributed by atoms with Crippen LogP contribution in [0.2, 0.25) is 0 Å². The Morgan fingerprint density at radius 2 is 1.59 bits per heavy atom. The standard InChI is InChI=1S/C14H21N3/c1-13(2,3)10-7-15-12-11(14(4,5)6)16-9-17(12)8-10/h7-9H,1-6H3. The van der Waals surface area contributed by atoms with Gasteiger partial charge < -0.3 is 0 Å². The summed E-state index contributed by atoms with van der Waals surface area (Å²) in [6.07, 6.45) is 5.95. The molecule has 2 aromatic heterocycles. The molecule has 0 amide bonds. The minimum Gasteiger partial charge on any atom is -0.290 e. The van der Waals surface area contributed by atoms with Crippen LogP contribution in [-0.4, -0.2) is 14.4 Å². The zero-order valence-electron chi connectivity index (χ0n) is 11.6. The third-order valence-corrected chi connectivity index (χ3v) is 2.95. The maximum atomic E-state index is 4.57. The van der Waals surface area contributed by atoms with Crippen molar-refractivity contribution in [2.75, 3.05) is 0 Å². The Bertz CT molecular complexity index is 539. The minimum atomic E-state index is 0.0327. The lowest BCUT2D eigenvalue weighted by Gasteiger charge is -2.19. The van der Waals surface area contributed by atoms with Gasteiger partial charge in [-0.2, -0.15) is 0 Å². The Kier molecular flexibility index (Phi) is 2.53. The van der Waals surface area contributed by atoms with E-state index in [0.29, 0.717) is 0 Å². The summed E-state index contributed by atoms with van der Waals surface area (Å²) in [5.74, 6) is 0. The summed E-state index contributed by atoms with van der Waals surface area (Å²) in [5, 5.41) is 0. The highest BCUT2D eigenvalue weighted by Crippen LogP contribution is 2.26. The van der Waals surface area contributed by atoms with Crippen molar-refractivity contribution in [3.63, 3.8) is 0 Å². The first-order valence-electron chi connectivity index (χ1n) is 6.03.